The number of hydrogen-bond acceptors (Lipinski definition) is 3. The fraction of sp³-hybridized carbons (Fsp3) is 0.474. The first-order chi connectivity index (χ1) is 11.5. The van der Waals surface area contributed by atoms with Gasteiger partial charge in [-0.25, -0.2) is 0 Å². The van der Waals surface area contributed by atoms with E-state index in [9.17, 15) is 9.59 Å². The number of carbonyl (C=O) groups is 2. The van der Waals surface area contributed by atoms with Crippen molar-refractivity contribution in [1.82, 2.24) is 15.5 Å². The van der Waals surface area contributed by atoms with Crippen molar-refractivity contribution in [3.63, 3.8) is 0 Å². The van der Waals surface area contributed by atoms with Crippen molar-refractivity contribution >= 4 is 24.2 Å². The van der Waals surface area contributed by atoms with Crippen molar-refractivity contribution < 1.29 is 9.59 Å². The minimum atomic E-state index is -0.0624. The van der Waals surface area contributed by atoms with Crippen LogP contribution in [0, 0.1) is 5.92 Å². The largest absolute Gasteiger partial charge is 0.348 e. The molecule has 0 fully saturated rings. The van der Waals surface area contributed by atoms with E-state index in [2.05, 4.69) is 16.7 Å². The Hall–Kier alpha value is -1.85. The highest BCUT2D eigenvalue weighted by Gasteiger charge is 2.13. The molecule has 0 saturated carbocycles. The summed E-state index contributed by atoms with van der Waals surface area (Å²) in [5.41, 5.74) is 2.93. The van der Waals surface area contributed by atoms with Crippen molar-refractivity contribution in [2.45, 2.75) is 26.8 Å². The van der Waals surface area contributed by atoms with E-state index in [1.807, 2.05) is 38.1 Å². The van der Waals surface area contributed by atoms with Gasteiger partial charge in [0.2, 0.25) is 5.91 Å². The summed E-state index contributed by atoms with van der Waals surface area (Å²) in [5.74, 6) is 0.0454. The standard InChI is InChI=1S/C19H27N3O2.ClH/c1-14(2)19(24)22(3)13-16-4-6-17(7-5-16)18(23)21-12-15-8-10-20-11-9-15;/h4-8,14,20H,9-13H2,1-3H3,(H,21,23);1H. The molecule has 0 bridgehead atoms. The smallest absolute Gasteiger partial charge is 0.251 e. The number of amides is 2. The van der Waals surface area contributed by atoms with Crippen LogP contribution in [0.2, 0.25) is 0 Å². The molecule has 0 aromatic heterocycles. The molecule has 0 unspecified atom stereocenters. The number of hydrogen-bond donors (Lipinski definition) is 2. The lowest BCUT2D eigenvalue weighted by atomic mass is 10.1. The number of benzene rings is 1. The normalized spacial score (nSPS) is 13.7. The fourth-order valence-corrected chi connectivity index (χ4v) is 2.68. The lowest BCUT2D eigenvalue weighted by Gasteiger charge is -2.19. The van der Waals surface area contributed by atoms with Crippen LogP contribution in [0.3, 0.4) is 0 Å². The van der Waals surface area contributed by atoms with Gasteiger partial charge in [0.1, 0.15) is 0 Å². The van der Waals surface area contributed by atoms with Crippen LogP contribution in [-0.2, 0) is 11.3 Å². The van der Waals surface area contributed by atoms with Gasteiger partial charge in [-0.15, -0.1) is 12.4 Å². The van der Waals surface area contributed by atoms with E-state index in [1.54, 1.807) is 11.9 Å². The number of carbonyl (C=O) groups excluding carboxylic acids is 2. The maximum atomic E-state index is 12.2. The van der Waals surface area contributed by atoms with Crippen molar-refractivity contribution in [2.24, 2.45) is 5.92 Å². The van der Waals surface area contributed by atoms with Gasteiger partial charge in [-0.2, -0.15) is 0 Å². The van der Waals surface area contributed by atoms with Gasteiger partial charge < -0.3 is 15.5 Å². The molecule has 1 aromatic rings. The summed E-state index contributed by atoms with van der Waals surface area (Å²) in [4.78, 5) is 25.8. The molecule has 25 heavy (non-hydrogen) atoms. The fourth-order valence-electron chi connectivity index (χ4n) is 2.68. The molecule has 5 nitrogen and oxygen atoms in total. The maximum Gasteiger partial charge on any atom is 0.251 e. The van der Waals surface area contributed by atoms with Gasteiger partial charge >= 0.3 is 0 Å². The van der Waals surface area contributed by atoms with Crippen LogP contribution < -0.4 is 10.6 Å². The Morgan fingerprint density at radius 1 is 1.24 bits per heavy atom. The van der Waals surface area contributed by atoms with Crippen LogP contribution in [0.15, 0.2) is 35.9 Å². The Balaban J connectivity index is 0.00000312. The third-order valence-electron chi connectivity index (χ3n) is 4.14. The zero-order chi connectivity index (χ0) is 17.5. The zero-order valence-electron chi connectivity index (χ0n) is 15.2. The molecule has 138 valence electrons. The third-order valence-corrected chi connectivity index (χ3v) is 4.14. The van der Waals surface area contributed by atoms with Gasteiger partial charge in [0.15, 0.2) is 0 Å². The average Bonchev–Trinajstić information content (AvgIpc) is 2.60. The Bertz CT molecular complexity index is 612. The molecule has 1 aliphatic rings. The Morgan fingerprint density at radius 2 is 1.92 bits per heavy atom. The highest BCUT2D eigenvalue weighted by Crippen LogP contribution is 2.10. The predicted molar refractivity (Wildman–Crippen MR) is 103 cm³/mol. The first kappa shape index (κ1) is 21.2. The van der Waals surface area contributed by atoms with E-state index in [4.69, 9.17) is 0 Å². The van der Waals surface area contributed by atoms with Crippen LogP contribution in [0.25, 0.3) is 0 Å². The lowest BCUT2D eigenvalue weighted by molar-refractivity contribution is -0.133. The number of halogens is 1. The van der Waals surface area contributed by atoms with Crippen molar-refractivity contribution in [2.75, 3.05) is 26.7 Å². The highest BCUT2D eigenvalue weighted by molar-refractivity contribution is 5.94. The van der Waals surface area contributed by atoms with E-state index in [0.29, 0.717) is 18.7 Å². The molecule has 6 heteroatoms. The van der Waals surface area contributed by atoms with E-state index < -0.39 is 0 Å². The van der Waals surface area contributed by atoms with E-state index in [-0.39, 0.29) is 30.1 Å². The molecule has 0 saturated heterocycles. The van der Waals surface area contributed by atoms with Gasteiger partial charge in [-0.3, -0.25) is 9.59 Å². The molecule has 2 N–H and O–H groups in total. The van der Waals surface area contributed by atoms with Gasteiger partial charge in [0.05, 0.1) is 0 Å². The lowest BCUT2D eigenvalue weighted by Crippen LogP contribution is -2.30. The number of rotatable bonds is 6. The van der Waals surface area contributed by atoms with Gasteiger partial charge in [-0.1, -0.05) is 37.6 Å². The monoisotopic (exact) mass is 365 g/mol. The highest BCUT2D eigenvalue weighted by atomic mass is 35.5. The van der Waals surface area contributed by atoms with E-state index in [1.165, 1.54) is 5.57 Å². The Labute approximate surface area is 156 Å². The van der Waals surface area contributed by atoms with E-state index >= 15 is 0 Å². The van der Waals surface area contributed by atoms with Crippen LogP contribution in [0.1, 0.15) is 36.2 Å². The Kier molecular flexibility index (Phi) is 8.66. The molecule has 0 aliphatic carbocycles. The molecule has 2 amide bonds. The molecule has 1 aliphatic heterocycles. The molecule has 0 radical (unpaired) electrons. The molecular formula is C19H28ClN3O2. The second kappa shape index (κ2) is 10.2. The van der Waals surface area contributed by atoms with Crippen LogP contribution in [0.5, 0.6) is 0 Å². The first-order valence-corrected chi connectivity index (χ1v) is 8.48. The summed E-state index contributed by atoms with van der Waals surface area (Å²) >= 11 is 0. The average molecular weight is 366 g/mol. The van der Waals surface area contributed by atoms with E-state index in [0.717, 1.165) is 25.1 Å². The SMILES string of the molecule is CC(C)C(=O)N(C)Cc1ccc(C(=O)NCC2=CCNCC2)cc1.Cl. The summed E-state index contributed by atoms with van der Waals surface area (Å²) < 4.78 is 0. The van der Waals surface area contributed by atoms with Crippen LogP contribution >= 0.6 is 12.4 Å². The van der Waals surface area contributed by atoms with Crippen LogP contribution in [-0.4, -0.2) is 43.4 Å². The van der Waals surface area contributed by atoms with Crippen molar-refractivity contribution in [3.8, 4) is 0 Å². The molecular weight excluding hydrogens is 338 g/mol. The summed E-state index contributed by atoms with van der Waals surface area (Å²) in [6, 6.07) is 7.44. The molecule has 0 atom stereocenters. The molecule has 1 aromatic carbocycles. The topological polar surface area (TPSA) is 61.4 Å². The first-order valence-electron chi connectivity index (χ1n) is 8.48. The second-order valence-electron chi connectivity index (χ2n) is 6.55. The van der Waals surface area contributed by atoms with Gasteiger partial charge in [-0.05, 0) is 30.7 Å². The second-order valence-corrected chi connectivity index (χ2v) is 6.55. The Morgan fingerprint density at radius 3 is 2.48 bits per heavy atom. The summed E-state index contributed by atoms with van der Waals surface area (Å²) in [7, 11) is 1.80. The molecule has 1 heterocycles. The zero-order valence-corrected chi connectivity index (χ0v) is 16.0. The predicted octanol–water partition coefficient (Wildman–Crippen LogP) is 2.37. The third kappa shape index (κ3) is 6.52. The molecule has 0 spiro atoms. The van der Waals surface area contributed by atoms with Crippen LogP contribution in [0.4, 0.5) is 0 Å². The van der Waals surface area contributed by atoms with Gasteiger partial charge in [0.25, 0.3) is 5.91 Å². The minimum absolute atomic E-state index is 0. The summed E-state index contributed by atoms with van der Waals surface area (Å²) in [5, 5.41) is 6.22. The van der Waals surface area contributed by atoms with Crippen molar-refractivity contribution in [3.05, 3.63) is 47.0 Å². The molecule has 2 rings (SSSR count). The van der Waals surface area contributed by atoms with Gasteiger partial charge in [0, 0.05) is 38.2 Å². The number of nitrogens with one attached hydrogen (secondary N) is 2. The minimum Gasteiger partial charge on any atom is -0.348 e. The maximum absolute atomic E-state index is 12.2. The summed E-state index contributed by atoms with van der Waals surface area (Å²) in [6.07, 6.45) is 3.11. The number of nitrogens with zero attached hydrogens (tertiary/aromatic N) is 1. The summed E-state index contributed by atoms with van der Waals surface area (Å²) in [6.45, 7) is 6.79. The quantitative estimate of drug-likeness (QED) is 0.761. The van der Waals surface area contributed by atoms with Crippen molar-refractivity contribution in [1.29, 1.82) is 0 Å².